The van der Waals surface area contributed by atoms with Crippen molar-refractivity contribution < 1.29 is 10.2 Å². The van der Waals surface area contributed by atoms with Gasteiger partial charge in [-0.1, -0.05) is 25.7 Å². The molecular formula is C12H18O2. The Kier molecular flexibility index (Phi) is 5.31. The minimum Gasteiger partial charge on any atom is -0.380 e. The highest BCUT2D eigenvalue weighted by atomic mass is 16.3. The van der Waals surface area contributed by atoms with Crippen LogP contribution >= 0.6 is 0 Å². The molecule has 0 radical (unpaired) electrons. The van der Waals surface area contributed by atoms with E-state index in [1.54, 1.807) is 0 Å². The van der Waals surface area contributed by atoms with E-state index in [9.17, 15) is 10.2 Å². The van der Waals surface area contributed by atoms with E-state index in [1.165, 1.54) is 0 Å². The zero-order valence-corrected chi connectivity index (χ0v) is 8.83. The maximum absolute atomic E-state index is 9.28. The van der Waals surface area contributed by atoms with Crippen molar-refractivity contribution in [1.82, 2.24) is 0 Å². The largest absolute Gasteiger partial charge is 0.380 e. The summed E-state index contributed by atoms with van der Waals surface area (Å²) >= 11 is 0. The van der Waals surface area contributed by atoms with E-state index in [0.29, 0.717) is 12.8 Å². The highest BCUT2D eigenvalue weighted by molar-refractivity contribution is 4.97. The van der Waals surface area contributed by atoms with E-state index in [-0.39, 0.29) is 5.41 Å². The van der Waals surface area contributed by atoms with Crippen molar-refractivity contribution in [1.29, 1.82) is 0 Å². The molecule has 2 unspecified atom stereocenters. The second kappa shape index (κ2) is 5.70. The molecule has 0 fully saturated rings. The van der Waals surface area contributed by atoms with Crippen molar-refractivity contribution in [3.63, 3.8) is 0 Å². The smallest absolute Gasteiger partial charge is 0.115 e. The van der Waals surface area contributed by atoms with Crippen molar-refractivity contribution in [2.45, 2.75) is 45.3 Å². The summed E-state index contributed by atoms with van der Waals surface area (Å²) in [5.41, 5.74) is -0.0936. The summed E-state index contributed by atoms with van der Waals surface area (Å²) < 4.78 is 0. The van der Waals surface area contributed by atoms with E-state index in [4.69, 9.17) is 12.8 Å². The monoisotopic (exact) mass is 194 g/mol. The zero-order chi connectivity index (χ0) is 11.2. The third-order valence-corrected chi connectivity index (χ3v) is 2.23. The van der Waals surface area contributed by atoms with Crippen LogP contribution in [0.25, 0.3) is 0 Å². The Bertz CT molecular complexity index is 242. The first kappa shape index (κ1) is 13.0. The molecule has 0 aromatic heterocycles. The molecule has 0 saturated carbocycles. The Morgan fingerprint density at radius 2 is 1.64 bits per heavy atom. The van der Waals surface area contributed by atoms with Gasteiger partial charge in [0.05, 0.1) is 0 Å². The van der Waals surface area contributed by atoms with Crippen LogP contribution in [0.3, 0.4) is 0 Å². The fraction of sp³-hybridized carbons (Fsp3) is 0.667. The summed E-state index contributed by atoms with van der Waals surface area (Å²) in [5, 5.41) is 18.5. The molecular weight excluding hydrogens is 176 g/mol. The predicted octanol–water partition coefficient (Wildman–Crippen LogP) is 1.17. The summed E-state index contributed by atoms with van der Waals surface area (Å²) in [4.78, 5) is 0. The average Bonchev–Trinajstić information content (AvgIpc) is 2.13. The molecule has 0 aliphatic rings. The summed E-state index contributed by atoms with van der Waals surface area (Å²) in [6.45, 7) is 3.99. The van der Waals surface area contributed by atoms with Gasteiger partial charge in [0.1, 0.15) is 12.2 Å². The molecule has 0 heterocycles. The Morgan fingerprint density at radius 1 is 1.14 bits per heavy atom. The Morgan fingerprint density at radius 3 is 2.07 bits per heavy atom. The third-order valence-electron chi connectivity index (χ3n) is 2.23. The summed E-state index contributed by atoms with van der Waals surface area (Å²) in [6.07, 6.45) is 10.5. The van der Waals surface area contributed by atoms with Gasteiger partial charge in [-0.2, -0.15) is 0 Å². The van der Waals surface area contributed by atoms with E-state index < -0.39 is 12.2 Å². The van der Waals surface area contributed by atoms with E-state index in [0.717, 1.165) is 6.42 Å². The summed E-state index contributed by atoms with van der Waals surface area (Å²) in [7, 11) is 0. The second-order valence-electron chi connectivity index (χ2n) is 4.27. The van der Waals surface area contributed by atoms with Gasteiger partial charge >= 0.3 is 0 Å². The van der Waals surface area contributed by atoms with Crippen LogP contribution in [0.5, 0.6) is 0 Å². The van der Waals surface area contributed by atoms with Gasteiger partial charge in [0.15, 0.2) is 0 Å². The van der Waals surface area contributed by atoms with Gasteiger partial charge in [0, 0.05) is 0 Å². The Balaban J connectivity index is 3.97. The molecule has 2 heteroatoms. The maximum atomic E-state index is 9.28. The molecule has 0 aliphatic heterocycles. The lowest BCUT2D eigenvalue weighted by molar-refractivity contribution is 0.134. The van der Waals surface area contributed by atoms with Crippen LogP contribution in [-0.4, -0.2) is 22.4 Å². The normalized spacial score (nSPS) is 15.3. The van der Waals surface area contributed by atoms with Gasteiger partial charge in [-0.25, -0.2) is 0 Å². The molecule has 0 rings (SSSR count). The average molecular weight is 194 g/mol. The Labute approximate surface area is 86.3 Å². The van der Waals surface area contributed by atoms with Crippen LogP contribution in [0.1, 0.15) is 33.1 Å². The first-order valence-electron chi connectivity index (χ1n) is 4.69. The van der Waals surface area contributed by atoms with Crippen LogP contribution in [0, 0.1) is 30.1 Å². The second-order valence-corrected chi connectivity index (χ2v) is 4.27. The van der Waals surface area contributed by atoms with Crippen LogP contribution in [0.15, 0.2) is 0 Å². The van der Waals surface area contributed by atoms with Crippen LogP contribution < -0.4 is 0 Å². The minimum atomic E-state index is -0.715. The molecule has 0 amide bonds. The maximum Gasteiger partial charge on any atom is 0.115 e. The molecule has 2 atom stereocenters. The van der Waals surface area contributed by atoms with Crippen molar-refractivity contribution in [3.05, 3.63) is 0 Å². The minimum absolute atomic E-state index is 0.0936. The van der Waals surface area contributed by atoms with Gasteiger partial charge in [-0.15, -0.1) is 12.8 Å². The van der Waals surface area contributed by atoms with Gasteiger partial charge in [-0.05, 0) is 24.7 Å². The highest BCUT2D eigenvalue weighted by Gasteiger charge is 2.21. The summed E-state index contributed by atoms with van der Waals surface area (Å²) in [5.74, 6) is 4.53. The lowest BCUT2D eigenvalue weighted by Crippen LogP contribution is -2.21. The molecule has 0 aromatic rings. The first-order chi connectivity index (χ1) is 6.41. The molecule has 78 valence electrons. The van der Waals surface area contributed by atoms with Crippen molar-refractivity contribution in [3.8, 4) is 24.7 Å². The highest BCUT2D eigenvalue weighted by Crippen LogP contribution is 2.28. The Hall–Kier alpha value is -0.960. The van der Waals surface area contributed by atoms with Crippen LogP contribution in [0.2, 0.25) is 0 Å². The number of terminal acetylenes is 2. The molecule has 14 heavy (non-hydrogen) atoms. The van der Waals surface area contributed by atoms with Crippen molar-refractivity contribution in [2.24, 2.45) is 5.41 Å². The number of hydrogen-bond acceptors (Lipinski definition) is 2. The number of aliphatic hydroxyl groups is 2. The fourth-order valence-electron chi connectivity index (χ4n) is 1.30. The zero-order valence-electron chi connectivity index (χ0n) is 8.83. The number of aliphatic hydroxyl groups excluding tert-OH is 2. The summed E-state index contributed by atoms with van der Waals surface area (Å²) in [6, 6.07) is 0. The lowest BCUT2D eigenvalue weighted by Gasteiger charge is -2.25. The topological polar surface area (TPSA) is 40.5 Å². The predicted molar refractivity (Wildman–Crippen MR) is 57.3 cm³/mol. The van der Waals surface area contributed by atoms with Gasteiger partial charge in [0.25, 0.3) is 0 Å². The molecule has 2 nitrogen and oxygen atoms in total. The quantitative estimate of drug-likeness (QED) is 0.645. The van der Waals surface area contributed by atoms with Crippen molar-refractivity contribution >= 4 is 0 Å². The van der Waals surface area contributed by atoms with Crippen LogP contribution in [-0.2, 0) is 0 Å². The number of hydrogen-bond donors (Lipinski definition) is 2. The van der Waals surface area contributed by atoms with E-state index >= 15 is 0 Å². The van der Waals surface area contributed by atoms with Gasteiger partial charge < -0.3 is 10.2 Å². The third kappa shape index (κ3) is 5.65. The molecule has 2 N–H and O–H groups in total. The fourth-order valence-corrected chi connectivity index (χ4v) is 1.30. The lowest BCUT2D eigenvalue weighted by atomic mass is 9.81. The van der Waals surface area contributed by atoms with E-state index in [1.807, 2.05) is 13.8 Å². The molecule has 0 bridgehead atoms. The molecule has 0 spiro atoms. The SMILES string of the molecule is C#CC(O)CCC(C)(C)CC(O)C#C. The van der Waals surface area contributed by atoms with Gasteiger partial charge in [0.2, 0.25) is 0 Å². The van der Waals surface area contributed by atoms with Gasteiger partial charge in [-0.3, -0.25) is 0 Å². The van der Waals surface area contributed by atoms with E-state index in [2.05, 4.69) is 11.8 Å². The molecule has 0 aromatic carbocycles. The first-order valence-corrected chi connectivity index (χ1v) is 4.69. The number of rotatable bonds is 5. The molecule has 0 aliphatic carbocycles. The standard InChI is InChI=1S/C12H18O2/c1-5-10(13)7-8-12(3,4)9-11(14)6-2/h1-2,10-11,13-14H,7-9H2,3-4H3. The molecule has 0 saturated heterocycles. The van der Waals surface area contributed by atoms with Crippen molar-refractivity contribution in [2.75, 3.05) is 0 Å². The van der Waals surface area contributed by atoms with Crippen LogP contribution in [0.4, 0.5) is 0 Å².